The summed E-state index contributed by atoms with van der Waals surface area (Å²) in [7, 11) is 1.74. The molecule has 1 aliphatic carbocycles. The van der Waals surface area contributed by atoms with Gasteiger partial charge >= 0.3 is 0 Å². The van der Waals surface area contributed by atoms with Gasteiger partial charge in [-0.25, -0.2) is 0 Å². The van der Waals surface area contributed by atoms with Gasteiger partial charge in [-0.1, -0.05) is 50.1 Å². The lowest BCUT2D eigenvalue weighted by molar-refractivity contribution is -0.120. The molecule has 6 heteroatoms. The van der Waals surface area contributed by atoms with Crippen LogP contribution >= 0.6 is 24.0 Å². The quantitative estimate of drug-likeness (QED) is 0.335. The summed E-state index contributed by atoms with van der Waals surface area (Å²) < 4.78 is 0. The van der Waals surface area contributed by atoms with Crippen LogP contribution in [-0.2, 0) is 10.2 Å². The SMILES string of the molecule is CCCNC(=O)CNC(=NC)NCC1(c2ccccc2)CCCC1.I. The van der Waals surface area contributed by atoms with E-state index in [2.05, 4.69) is 51.3 Å². The van der Waals surface area contributed by atoms with E-state index in [0.717, 1.165) is 13.0 Å². The second-order valence-electron chi connectivity index (χ2n) is 6.48. The molecule has 1 aromatic carbocycles. The monoisotopic (exact) mass is 458 g/mol. The molecule has 25 heavy (non-hydrogen) atoms. The van der Waals surface area contributed by atoms with E-state index in [4.69, 9.17) is 0 Å². The van der Waals surface area contributed by atoms with Crippen LogP contribution in [0.3, 0.4) is 0 Å². The average molecular weight is 458 g/mol. The maximum absolute atomic E-state index is 11.7. The first-order valence-corrected chi connectivity index (χ1v) is 8.97. The van der Waals surface area contributed by atoms with Crippen molar-refractivity contribution in [1.82, 2.24) is 16.0 Å². The molecule has 0 radical (unpaired) electrons. The Kier molecular flexibility index (Phi) is 9.85. The van der Waals surface area contributed by atoms with Crippen LogP contribution < -0.4 is 16.0 Å². The van der Waals surface area contributed by atoms with Crippen LogP contribution in [0.5, 0.6) is 0 Å². The van der Waals surface area contributed by atoms with Gasteiger partial charge in [0.25, 0.3) is 0 Å². The summed E-state index contributed by atoms with van der Waals surface area (Å²) in [6.45, 7) is 3.84. The summed E-state index contributed by atoms with van der Waals surface area (Å²) in [6.07, 6.45) is 5.86. The van der Waals surface area contributed by atoms with Gasteiger partial charge in [0.1, 0.15) is 0 Å². The Bertz CT molecular complexity index is 542. The Labute approximate surface area is 168 Å². The van der Waals surface area contributed by atoms with Gasteiger partial charge in [0.2, 0.25) is 5.91 Å². The molecule has 1 aliphatic rings. The third-order valence-corrected chi connectivity index (χ3v) is 4.75. The van der Waals surface area contributed by atoms with Crippen LogP contribution in [0, 0.1) is 0 Å². The number of halogens is 1. The van der Waals surface area contributed by atoms with Crippen LogP contribution in [0.15, 0.2) is 35.3 Å². The normalized spacial score (nSPS) is 16.0. The predicted octanol–water partition coefficient (Wildman–Crippen LogP) is 2.81. The molecule has 1 aromatic rings. The first-order chi connectivity index (χ1) is 11.7. The number of nitrogens with one attached hydrogen (secondary N) is 3. The molecule has 5 nitrogen and oxygen atoms in total. The molecule has 0 saturated heterocycles. The number of amides is 1. The van der Waals surface area contributed by atoms with Gasteiger partial charge in [-0.15, -0.1) is 24.0 Å². The van der Waals surface area contributed by atoms with Crippen molar-refractivity contribution in [2.45, 2.75) is 44.4 Å². The van der Waals surface area contributed by atoms with E-state index in [1.54, 1.807) is 7.05 Å². The predicted molar refractivity (Wildman–Crippen MR) is 115 cm³/mol. The molecule has 2 rings (SSSR count). The Morgan fingerprint density at radius 2 is 1.80 bits per heavy atom. The van der Waals surface area contributed by atoms with E-state index in [0.29, 0.717) is 12.5 Å². The Balaban J connectivity index is 0.00000312. The summed E-state index contributed by atoms with van der Waals surface area (Å²) in [5, 5.41) is 9.38. The topological polar surface area (TPSA) is 65.5 Å². The van der Waals surface area contributed by atoms with Gasteiger partial charge in [0.15, 0.2) is 5.96 Å². The number of aliphatic imine (C=N–C) groups is 1. The smallest absolute Gasteiger partial charge is 0.239 e. The van der Waals surface area contributed by atoms with Crippen LogP contribution in [-0.4, -0.2) is 38.5 Å². The minimum Gasteiger partial charge on any atom is -0.356 e. The molecule has 3 N–H and O–H groups in total. The van der Waals surface area contributed by atoms with E-state index in [1.807, 2.05) is 6.92 Å². The van der Waals surface area contributed by atoms with Crippen LogP contribution in [0.25, 0.3) is 0 Å². The van der Waals surface area contributed by atoms with Crippen LogP contribution in [0.1, 0.15) is 44.6 Å². The molecule has 0 unspecified atom stereocenters. The lowest BCUT2D eigenvalue weighted by atomic mass is 9.79. The van der Waals surface area contributed by atoms with Crippen molar-refractivity contribution in [1.29, 1.82) is 0 Å². The fourth-order valence-corrected chi connectivity index (χ4v) is 3.38. The van der Waals surface area contributed by atoms with E-state index >= 15 is 0 Å². The van der Waals surface area contributed by atoms with Gasteiger partial charge in [0, 0.05) is 25.6 Å². The molecule has 0 bridgehead atoms. The standard InChI is InChI=1S/C19H30N4O.HI/c1-3-13-21-17(24)14-22-18(20-2)23-15-19(11-7-8-12-19)16-9-5-4-6-10-16;/h4-6,9-10H,3,7-8,11-15H2,1-2H3,(H,21,24)(H2,20,22,23);1H. The van der Waals surface area contributed by atoms with Crippen molar-refractivity contribution >= 4 is 35.8 Å². The number of carbonyl (C=O) groups excluding carboxylic acids is 1. The highest BCUT2D eigenvalue weighted by Gasteiger charge is 2.35. The summed E-state index contributed by atoms with van der Waals surface area (Å²) in [6, 6.07) is 10.7. The number of hydrogen-bond donors (Lipinski definition) is 3. The zero-order valence-corrected chi connectivity index (χ0v) is 17.6. The summed E-state index contributed by atoms with van der Waals surface area (Å²) >= 11 is 0. The molecule has 1 saturated carbocycles. The van der Waals surface area contributed by atoms with Gasteiger partial charge in [-0.05, 0) is 24.8 Å². The molecule has 0 heterocycles. The van der Waals surface area contributed by atoms with Crippen molar-refractivity contribution in [2.75, 3.05) is 26.7 Å². The Hall–Kier alpha value is -1.31. The van der Waals surface area contributed by atoms with Gasteiger partial charge in [-0.2, -0.15) is 0 Å². The zero-order chi connectivity index (χ0) is 17.3. The highest BCUT2D eigenvalue weighted by Crippen LogP contribution is 2.40. The fourth-order valence-electron chi connectivity index (χ4n) is 3.38. The minimum atomic E-state index is -0.00145. The molecular weight excluding hydrogens is 427 g/mol. The number of benzene rings is 1. The molecule has 0 aliphatic heterocycles. The van der Waals surface area contributed by atoms with Crippen molar-refractivity contribution in [3.05, 3.63) is 35.9 Å². The number of nitrogens with zero attached hydrogens (tertiary/aromatic N) is 1. The third-order valence-electron chi connectivity index (χ3n) is 4.75. The van der Waals surface area contributed by atoms with E-state index in [1.165, 1.54) is 31.2 Å². The van der Waals surface area contributed by atoms with Gasteiger partial charge < -0.3 is 16.0 Å². The maximum atomic E-state index is 11.7. The van der Waals surface area contributed by atoms with Crippen LogP contribution in [0.2, 0.25) is 0 Å². The number of rotatable bonds is 7. The lowest BCUT2D eigenvalue weighted by Gasteiger charge is -2.30. The third kappa shape index (κ3) is 6.49. The largest absolute Gasteiger partial charge is 0.356 e. The number of hydrogen-bond acceptors (Lipinski definition) is 2. The molecule has 0 aromatic heterocycles. The van der Waals surface area contributed by atoms with Crippen molar-refractivity contribution in [3.63, 3.8) is 0 Å². The van der Waals surface area contributed by atoms with E-state index < -0.39 is 0 Å². The van der Waals surface area contributed by atoms with Crippen molar-refractivity contribution in [2.24, 2.45) is 4.99 Å². The molecule has 1 amide bonds. The van der Waals surface area contributed by atoms with E-state index in [-0.39, 0.29) is 41.8 Å². The van der Waals surface area contributed by atoms with Crippen molar-refractivity contribution < 1.29 is 4.79 Å². The zero-order valence-electron chi connectivity index (χ0n) is 15.3. The van der Waals surface area contributed by atoms with Crippen LogP contribution in [0.4, 0.5) is 0 Å². The Morgan fingerprint density at radius 3 is 2.40 bits per heavy atom. The highest BCUT2D eigenvalue weighted by atomic mass is 127. The molecule has 0 spiro atoms. The fraction of sp³-hybridized carbons (Fsp3) is 0.579. The van der Waals surface area contributed by atoms with Gasteiger partial charge in [-0.3, -0.25) is 9.79 Å². The first-order valence-electron chi connectivity index (χ1n) is 8.97. The summed E-state index contributed by atoms with van der Waals surface area (Å²) in [5.74, 6) is 0.683. The number of carbonyl (C=O) groups is 1. The summed E-state index contributed by atoms with van der Waals surface area (Å²) in [5.41, 5.74) is 1.56. The molecule has 0 atom stereocenters. The molecular formula is C19H31IN4O. The second-order valence-corrected chi connectivity index (χ2v) is 6.48. The van der Waals surface area contributed by atoms with Gasteiger partial charge in [0.05, 0.1) is 6.54 Å². The Morgan fingerprint density at radius 1 is 1.12 bits per heavy atom. The first kappa shape index (κ1) is 21.7. The molecule has 140 valence electrons. The van der Waals surface area contributed by atoms with E-state index in [9.17, 15) is 4.79 Å². The maximum Gasteiger partial charge on any atom is 0.239 e. The molecule has 1 fully saturated rings. The lowest BCUT2D eigenvalue weighted by Crippen LogP contribution is -2.47. The van der Waals surface area contributed by atoms with Crippen molar-refractivity contribution in [3.8, 4) is 0 Å². The number of guanidine groups is 1. The minimum absolute atomic E-state index is 0. The average Bonchev–Trinajstić information content (AvgIpc) is 3.11. The summed E-state index contributed by atoms with van der Waals surface area (Å²) in [4.78, 5) is 16.0. The second kappa shape index (κ2) is 11.3. The highest BCUT2D eigenvalue weighted by molar-refractivity contribution is 14.0.